The zero-order chi connectivity index (χ0) is 22.5. The minimum absolute atomic E-state index is 0.0606. The number of piperidine rings is 1. The fourth-order valence-corrected chi connectivity index (χ4v) is 7.07. The van der Waals surface area contributed by atoms with Gasteiger partial charge in [-0.2, -0.15) is 4.31 Å². The van der Waals surface area contributed by atoms with Crippen LogP contribution in [0.4, 0.5) is 5.69 Å². The molecule has 0 aliphatic carbocycles. The third-order valence-corrected chi connectivity index (χ3v) is 9.71. The first kappa shape index (κ1) is 25.1. The molecule has 0 saturated carbocycles. The summed E-state index contributed by atoms with van der Waals surface area (Å²) in [5.74, 6) is -0.769. The van der Waals surface area contributed by atoms with Gasteiger partial charge in [0.05, 0.1) is 16.7 Å². The molecule has 1 amide bonds. The van der Waals surface area contributed by atoms with E-state index in [0.29, 0.717) is 44.6 Å². The fourth-order valence-electron chi connectivity index (χ4n) is 3.52. The number of halogens is 1. The largest absolute Gasteiger partial charge is 0.326 e. The Hall–Kier alpha value is -1.20. The van der Waals surface area contributed by atoms with Gasteiger partial charge in [-0.15, -0.1) is 0 Å². The van der Waals surface area contributed by atoms with Crippen LogP contribution in [0.5, 0.6) is 0 Å². The number of carbonyl (C=O) groups excluding carboxylic acids is 1. The minimum Gasteiger partial charge on any atom is -0.326 e. The molecule has 0 spiro atoms. The average molecular weight is 480 g/mol. The van der Waals surface area contributed by atoms with E-state index in [4.69, 9.17) is 11.6 Å². The van der Waals surface area contributed by atoms with Gasteiger partial charge in [0.25, 0.3) is 0 Å². The van der Waals surface area contributed by atoms with Crippen molar-refractivity contribution < 1.29 is 21.6 Å². The van der Waals surface area contributed by atoms with Crippen molar-refractivity contribution in [2.45, 2.75) is 44.9 Å². The highest BCUT2D eigenvalue weighted by atomic mass is 35.5. The van der Waals surface area contributed by atoms with Crippen molar-refractivity contribution in [3.63, 3.8) is 0 Å². The molecule has 1 aliphatic rings. The zero-order valence-corrected chi connectivity index (χ0v) is 20.0. The number of hydrogen-bond donors (Lipinski definition) is 1. The predicted octanol–water partition coefficient (Wildman–Crippen LogP) is 2.76. The Bertz CT molecular complexity index is 962. The van der Waals surface area contributed by atoms with E-state index in [1.54, 1.807) is 20.8 Å². The lowest BCUT2D eigenvalue weighted by atomic mass is 9.99. The number of sulfonamides is 2. The molecule has 1 fully saturated rings. The van der Waals surface area contributed by atoms with Gasteiger partial charge in [-0.25, -0.2) is 21.1 Å². The molecule has 170 valence electrons. The van der Waals surface area contributed by atoms with E-state index in [9.17, 15) is 21.6 Å². The van der Waals surface area contributed by atoms with E-state index in [1.807, 2.05) is 0 Å². The van der Waals surface area contributed by atoms with Gasteiger partial charge in [0.1, 0.15) is 4.90 Å². The third kappa shape index (κ3) is 5.73. The van der Waals surface area contributed by atoms with Gasteiger partial charge in [0.2, 0.25) is 26.0 Å². The summed E-state index contributed by atoms with van der Waals surface area (Å²) >= 11 is 6.13. The van der Waals surface area contributed by atoms with E-state index in [2.05, 4.69) is 5.32 Å². The van der Waals surface area contributed by atoms with Gasteiger partial charge >= 0.3 is 0 Å². The Morgan fingerprint density at radius 1 is 1.20 bits per heavy atom. The monoisotopic (exact) mass is 479 g/mol. The quantitative estimate of drug-likeness (QED) is 0.586. The van der Waals surface area contributed by atoms with Crippen molar-refractivity contribution in [2.75, 3.05) is 37.2 Å². The molecule has 1 N–H and O–H groups in total. The average Bonchev–Trinajstić information content (AvgIpc) is 2.70. The van der Waals surface area contributed by atoms with E-state index in [1.165, 1.54) is 26.8 Å². The Morgan fingerprint density at radius 2 is 1.87 bits per heavy atom. The molecule has 1 heterocycles. The molecular formula is C19H30ClN3O5S2. The summed E-state index contributed by atoms with van der Waals surface area (Å²) in [5, 5.41) is 2.81. The molecule has 1 aliphatic heterocycles. The van der Waals surface area contributed by atoms with Crippen LogP contribution in [0.3, 0.4) is 0 Å². The van der Waals surface area contributed by atoms with Gasteiger partial charge in [-0.3, -0.25) is 4.79 Å². The maximum atomic E-state index is 12.8. The molecule has 11 heteroatoms. The molecule has 0 aromatic heterocycles. The van der Waals surface area contributed by atoms with Gasteiger partial charge in [-0.05, 0) is 37.5 Å². The Kier molecular flexibility index (Phi) is 8.70. The highest BCUT2D eigenvalue weighted by Crippen LogP contribution is 2.29. The van der Waals surface area contributed by atoms with Crippen LogP contribution in [0.25, 0.3) is 0 Å². The van der Waals surface area contributed by atoms with Gasteiger partial charge in [0.15, 0.2) is 0 Å². The van der Waals surface area contributed by atoms with Crippen molar-refractivity contribution in [3.8, 4) is 0 Å². The van der Waals surface area contributed by atoms with Crippen LogP contribution in [0.1, 0.15) is 40.0 Å². The number of anilines is 1. The standard InChI is InChI=1S/C19H30ClN3O5S2/c1-4-12-29(25,26)23-11-7-8-15(14-23)19(24)21-16-9-10-17(20)18(13-16)30(27,28)22(5-2)6-3/h9-10,13,15H,4-8,11-12,14H2,1-3H3,(H,21,24). The third-order valence-electron chi connectivity index (χ3n) is 5.13. The summed E-state index contributed by atoms with van der Waals surface area (Å²) in [4.78, 5) is 12.7. The second kappa shape index (κ2) is 10.4. The van der Waals surface area contributed by atoms with Crippen molar-refractivity contribution in [1.82, 2.24) is 8.61 Å². The molecule has 30 heavy (non-hydrogen) atoms. The van der Waals surface area contributed by atoms with E-state index < -0.39 is 26.0 Å². The number of nitrogens with zero attached hydrogens (tertiary/aromatic N) is 2. The van der Waals surface area contributed by atoms with Crippen LogP contribution in [0.2, 0.25) is 5.02 Å². The second-order valence-electron chi connectivity index (χ2n) is 7.24. The molecule has 1 atom stereocenters. The van der Waals surface area contributed by atoms with Crippen LogP contribution < -0.4 is 5.32 Å². The number of carbonyl (C=O) groups is 1. The Balaban J connectivity index is 2.20. The summed E-state index contributed by atoms with van der Waals surface area (Å²) in [7, 11) is -7.16. The van der Waals surface area contributed by atoms with Crippen molar-refractivity contribution in [2.24, 2.45) is 5.92 Å². The highest BCUT2D eigenvalue weighted by Gasteiger charge is 2.32. The van der Waals surface area contributed by atoms with E-state index in [-0.39, 0.29) is 28.1 Å². The lowest BCUT2D eigenvalue weighted by molar-refractivity contribution is -0.120. The second-order valence-corrected chi connectivity index (χ2v) is 11.6. The number of amides is 1. The normalized spacial score (nSPS) is 18.5. The number of rotatable bonds is 9. The molecule has 1 aromatic carbocycles. The van der Waals surface area contributed by atoms with Gasteiger partial charge in [0, 0.05) is 31.9 Å². The van der Waals surface area contributed by atoms with Crippen molar-refractivity contribution in [3.05, 3.63) is 23.2 Å². The van der Waals surface area contributed by atoms with Gasteiger partial charge in [-0.1, -0.05) is 32.4 Å². The van der Waals surface area contributed by atoms with Gasteiger partial charge < -0.3 is 5.32 Å². The number of benzene rings is 1. The van der Waals surface area contributed by atoms with Crippen LogP contribution >= 0.6 is 11.6 Å². The van der Waals surface area contributed by atoms with E-state index in [0.717, 1.165) is 0 Å². The lowest BCUT2D eigenvalue weighted by Crippen LogP contribution is -2.44. The fraction of sp³-hybridized carbons (Fsp3) is 0.632. The first-order chi connectivity index (χ1) is 14.1. The molecule has 1 unspecified atom stereocenters. The smallest absolute Gasteiger partial charge is 0.244 e. The zero-order valence-electron chi connectivity index (χ0n) is 17.6. The molecule has 0 bridgehead atoms. The highest BCUT2D eigenvalue weighted by molar-refractivity contribution is 7.89. The number of nitrogens with one attached hydrogen (secondary N) is 1. The lowest BCUT2D eigenvalue weighted by Gasteiger charge is -2.31. The molecular weight excluding hydrogens is 450 g/mol. The summed E-state index contributed by atoms with van der Waals surface area (Å²) in [6, 6.07) is 4.32. The van der Waals surface area contributed by atoms with Crippen LogP contribution in [0, 0.1) is 5.92 Å². The summed E-state index contributed by atoms with van der Waals surface area (Å²) < 4.78 is 53.0. The SMILES string of the molecule is CCCS(=O)(=O)N1CCCC(C(=O)Nc2ccc(Cl)c(S(=O)(=O)N(CC)CC)c2)C1. The van der Waals surface area contributed by atoms with Crippen LogP contribution in [-0.4, -0.2) is 63.3 Å². The number of hydrogen-bond acceptors (Lipinski definition) is 5. The molecule has 8 nitrogen and oxygen atoms in total. The van der Waals surface area contributed by atoms with E-state index >= 15 is 0 Å². The Morgan fingerprint density at radius 3 is 2.47 bits per heavy atom. The molecule has 2 rings (SSSR count). The van der Waals surface area contributed by atoms with Crippen LogP contribution in [0.15, 0.2) is 23.1 Å². The first-order valence-electron chi connectivity index (χ1n) is 10.1. The first-order valence-corrected chi connectivity index (χ1v) is 13.6. The predicted molar refractivity (Wildman–Crippen MR) is 119 cm³/mol. The summed E-state index contributed by atoms with van der Waals surface area (Å²) in [5.41, 5.74) is 0.309. The molecule has 1 saturated heterocycles. The minimum atomic E-state index is -3.79. The maximum absolute atomic E-state index is 12.8. The Labute approximate surface area is 184 Å². The summed E-state index contributed by atoms with van der Waals surface area (Å²) in [6.45, 7) is 6.43. The molecule has 1 aromatic rings. The van der Waals surface area contributed by atoms with Crippen LogP contribution in [-0.2, 0) is 24.8 Å². The van der Waals surface area contributed by atoms with Crippen molar-refractivity contribution in [1.29, 1.82) is 0 Å². The maximum Gasteiger partial charge on any atom is 0.244 e. The molecule has 0 radical (unpaired) electrons. The summed E-state index contributed by atoms with van der Waals surface area (Å²) in [6.07, 6.45) is 1.69. The topological polar surface area (TPSA) is 104 Å². The van der Waals surface area contributed by atoms with Crippen molar-refractivity contribution >= 4 is 43.2 Å².